The molecule has 2 rings (SSSR count). The number of amides is 1. The van der Waals surface area contributed by atoms with E-state index in [1.54, 1.807) is 0 Å². The molecule has 106 valence electrons. The minimum Gasteiger partial charge on any atom is -0.380 e. The van der Waals surface area contributed by atoms with Crippen molar-refractivity contribution in [3.8, 4) is 0 Å². The molecule has 0 aliphatic carbocycles. The molecule has 0 saturated carbocycles. The van der Waals surface area contributed by atoms with Crippen LogP contribution >= 0.6 is 11.5 Å². The number of aromatic nitrogens is 2. The molecule has 0 aromatic carbocycles. The summed E-state index contributed by atoms with van der Waals surface area (Å²) in [4.78, 5) is 17.8. The van der Waals surface area contributed by atoms with Crippen molar-refractivity contribution in [1.82, 2.24) is 14.3 Å². The van der Waals surface area contributed by atoms with Gasteiger partial charge in [-0.1, -0.05) is 13.8 Å². The molecule has 1 aromatic rings. The molecule has 1 aliphatic rings. The first-order chi connectivity index (χ1) is 8.90. The number of rotatable bonds is 4. The molecular weight excluding hydrogens is 264 g/mol. The molecule has 2 heterocycles. The van der Waals surface area contributed by atoms with E-state index in [1.165, 1.54) is 11.5 Å². The monoisotopic (exact) mass is 284 g/mol. The second kappa shape index (κ2) is 5.52. The molecule has 19 heavy (non-hydrogen) atoms. The highest BCUT2D eigenvalue weighted by atomic mass is 32.1. The third-order valence-electron chi connectivity index (χ3n) is 3.50. The van der Waals surface area contributed by atoms with Gasteiger partial charge in [0.15, 0.2) is 0 Å². The van der Waals surface area contributed by atoms with Gasteiger partial charge in [0.05, 0.1) is 6.54 Å². The zero-order valence-electron chi connectivity index (χ0n) is 11.3. The van der Waals surface area contributed by atoms with E-state index in [4.69, 9.17) is 5.73 Å². The number of aliphatic hydroxyl groups is 1. The molecule has 1 saturated heterocycles. The molecule has 6 nitrogen and oxygen atoms in total. The Morgan fingerprint density at radius 3 is 2.63 bits per heavy atom. The fourth-order valence-corrected chi connectivity index (χ4v) is 2.91. The Labute approximate surface area is 116 Å². The Bertz CT molecular complexity index is 452. The third-order valence-corrected chi connectivity index (χ3v) is 4.21. The van der Waals surface area contributed by atoms with Crippen LogP contribution in [0.4, 0.5) is 0 Å². The minimum absolute atomic E-state index is 0.339. The van der Waals surface area contributed by atoms with Gasteiger partial charge < -0.3 is 10.8 Å². The number of nitrogens with two attached hydrogens (primary N) is 1. The SMILES string of the molecule is CC(C)c1nsc(CN2CCC(O)(C(N)=O)CC2)n1. The number of piperidine rings is 1. The van der Waals surface area contributed by atoms with Gasteiger partial charge in [-0.3, -0.25) is 9.69 Å². The number of carbonyl (C=O) groups is 1. The quantitative estimate of drug-likeness (QED) is 0.838. The Kier molecular flexibility index (Phi) is 4.17. The predicted molar refractivity (Wildman–Crippen MR) is 72.7 cm³/mol. The van der Waals surface area contributed by atoms with Crippen molar-refractivity contribution in [3.05, 3.63) is 10.8 Å². The van der Waals surface area contributed by atoms with Crippen LogP contribution in [0.2, 0.25) is 0 Å². The Morgan fingerprint density at radius 2 is 2.16 bits per heavy atom. The van der Waals surface area contributed by atoms with Crippen molar-refractivity contribution >= 4 is 17.4 Å². The van der Waals surface area contributed by atoms with Crippen molar-refractivity contribution in [2.24, 2.45) is 5.73 Å². The highest BCUT2D eigenvalue weighted by molar-refractivity contribution is 7.05. The maximum Gasteiger partial charge on any atom is 0.249 e. The lowest BCUT2D eigenvalue weighted by atomic mass is 9.91. The van der Waals surface area contributed by atoms with Crippen LogP contribution in [-0.4, -0.2) is 44.0 Å². The summed E-state index contributed by atoms with van der Waals surface area (Å²) in [6.45, 7) is 6.16. The first kappa shape index (κ1) is 14.4. The molecule has 0 bridgehead atoms. The average molecular weight is 284 g/mol. The van der Waals surface area contributed by atoms with E-state index < -0.39 is 11.5 Å². The summed E-state index contributed by atoms with van der Waals surface area (Å²) in [6, 6.07) is 0. The van der Waals surface area contributed by atoms with Crippen LogP contribution in [0, 0.1) is 0 Å². The third kappa shape index (κ3) is 3.29. The molecule has 0 spiro atoms. The van der Waals surface area contributed by atoms with E-state index in [-0.39, 0.29) is 0 Å². The van der Waals surface area contributed by atoms with Crippen molar-refractivity contribution in [2.45, 2.75) is 44.8 Å². The second-order valence-corrected chi connectivity index (χ2v) is 6.21. The van der Waals surface area contributed by atoms with Crippen LogP contribution in [0.15, 0.2) is 0 Å². The number of carbonyl (C=O) groups excluding carboxylic acids is 1. The van der Waals surface area contributed by atoms with Crippen LogP contribution in [0.1, 0.15) is 43.4 Å². The van der Waals surface area contributed by atoms with Gasteiger partial charge in [0.2, 0.25) is 5.91 Å². The first-order valence-corrected chi connectivity index (χ1v) is 7.25. The summed E-state index contributed by atoms with van der Waals surface area (Å²) in [5.41, 5.74) is 3.88. The van der Waals surface area contributed by atoms with Gasteiger partial charge >= 0.3 is 0 Å². The summed E-state index contributed by atoms with van der Waals surface area (Å²) in [7, 11) is 0. The molecule has 0 atom stereocenters. The van der Waals surface area contributed by atoms with Crippen LogP contribution in [0.3, 0.4) is 0 Å². The average Bonchev–Trinajstić information content (AvgIpc) is 2.81. The molecule has 1 aliphatic heterocycles. The maximum absolute atomic E-state index is 11.2. The van der Waals surface area contributed by atoms with Gasteiger partial charge in [0.1, 0.15) is 16.4 Å². The summed E-state index contributed by atoms with van der Waals surface area (Å²) in [5, 5.41) is 11.0. The first-order valence-electron chi connectivity index (χ1n) is 6.48. The highest BCUT2D eigenvalue weighted by Crippen LogP contribution is 2.23. The lowest BCUT2D eigenvalue weighted by molar-refractivity contribution is -0.141. The van der Waals surface area contributed by atoms with Gasteiger partial charge in [-0.2, -0.15) is 4.37 Å². The Hall–Kier alpha value is -1.05. The van der Waals surface area contributed by atoms with E-state index >= 15 is 0 Å². The number of hydrogen-bond donors (Lipinski definition) is 2. The normalized spacial score (nSPS) is 19.8. The van der Waals surface area contributed by atoms with Gasteiger partial charge in [0.25, 0.3) is 0 Å². The molecule has 3 N–H and O–H groups in total. The minimum atomic E-state index is -1.33. The summed E-state index contributed by atoms with van der Waals surface area (Å²) < 4.78 is 4.32. The Balaban J connectivity index is 1.90. The zero-order chi connectivity index (χ0) is 14.0. The van der Waals surface area contributed by atoms with Crippen LogP contribution in [-0.2, 0) is 11.3 Å². The Morgan fingerprint density at radius 1 is 1.53 bits per heavy atom. The number of likely N-dealkylation sites (tertiary alicyclic amines) is 1. The lowest BCUT2D eigenvalue weighted by Crippen LogP contribution is -2.51. The fourth-order valence-electron chi connectivity index (χ4n) is 2.09. The van der Waals surface area contributed by atoms with Gasteiger partial charge in [-0.05, 0) is 24.4 Å². The van der Waals surface area contributed by atoms with Crippen molar-refractivity contribution < 1.29 is 9.90 Å². The van der Waals surface area contributed by atoms with E-state index in [0.29, 0.717) is 31.8 Å². The molecule has 0 radical (unpaired) electrons. The molecular formula is C12H20N4O2S. The van der Waals surface area contributed by atoms with Crippen LogP contribution < -0.4 is 5.73 Å². The van der Waals surface area contributed by atoms with E-state index in [0.717, 1.165) is 17.4 Å². The molecule has 1 fully saturated rings. The number of hydrogen-bond acceptors (Lipinski definition) is 6. The smallest absolute Gasteiger partial charge is 0.249 e. The van der Waals surface area contributed by atoms with Crippen LogP contribution in [0.5, 0.6) is 0 Å². The van der Waals surface area contributed by atoms with Crippen molar-refractivity contribution in [2.75, 3.05) is 13.1 Å². The van der Waals surface area contributed by atoms with Crippen LogP contribution in [0.25, 0.3) is 0 Å². The fraction of sp³-hybridized carbons (Fsp3) is 0.750. The molecule has 7 heteroatoms. The van der Waals surface area contributed by atoms with Crippen molar-refractivity contribution in [3.63, 3.8) is 0 Å². The van der Waals surface area contributed by atoms with E-state index in [1.807, 2.05) is 0 Å². The largest absolute Gasteiger partial charge is 0.380 e. The summed E-state index contributed by atoms with van der Waals surface area (Å²) >= 11 is 1.42. The molecule has 1 amide bonds. The number of nitrogens with zero attached hydrogens (tertiary/aromatic N) is 3. The van der Waals surface area contributed by atoms with Gasteiger partial charge in [-0.15, -0.1) is 0 Å². The van der Waals surface area contributed by atoms with Gasteiger partial charge in [-0.25, -0.2) is 4.98 Å². The highest BCUT2D eigenvalue weighted by Gasteiger charge is 2.37. The standard InChI is InChI=1S/C12H20N4O2S/c1-8(2)10-14-9(19-15-10)7-16-5-3-12(18,4-6-16)11(13)17/h8,18H,3-7H2,1-2H3,(H2,13,17). The zero-order valence-corrected chi connectivity index (χ0v) is 12.1. The predicted octanol–water partition coefficient (Wildman–Crippen LogP) is 0.474. The molecule has 1 aromatic heterocycles. The number of primary amides is 1. The van der Waals surface area contributed by atoms with E-state index in [2.05, 4.69) is 28.1 Å². The molecule has 0 unspecified atom stereocenters. The summed E-state index contributed by atoms with van der Waals surface area (Å²) in [6.07, 6.45) is 0.774. The van der Waals surface area contributed by atoms with E-state index in [9.17, 15) is 9.90 Å². The maximum atomic E-state index is 11.2. The van der Waals surface area contributed by atoms with Crippen molar-refractivity contribution in [1.29, 1.82) is 0 Å². The topological polar surface area (TPSA) is 92.3 Å². The van der Waals surface area contributed by atoms with Gasteiger partial charge in [0, 0.05) is 19.0 Å². The summed E-state index contributed by atoms with van der Waals surface area (Å²) in [5.74, 6) is 0.599. The lowest BCUT2D eigenvalue weighted by Gasteiger charge is -2.35. The second-order valence-electron chi connectivity index (χ2n) is 5.37.